The fraction of sp³-hybridized carbons (Fsp3) is 0.0652. The molecule has 0 saturated heterocycles. The summed E-state index contributed by atoms with van der Waals surface area (Å²) in [5.74, 6) is 0.722. The monoisotopic (exact) mass is 696 g/mol. The lowest BCUT2D eigenvalue weighted by molar-refractivity contribution is 0.499. The van der Waals surface area contributed by atoms with Gasteiger partial charge in [-0.25, -0.2) is 0 Å². The number of hydrogen-bond acceptors (Lipinski definition) is 3. The molecule has 5 heteroatoms. The molecule has 0 fully saturated rings. The van der Waals surface area contributed by atoms with Crippen molar-refractivity contribution >= 4 is 59.9 Å². The van der Waals surface area contributed by atoms with Crippen LogP contribution in [0.4, 0.5) is 0 Å². The van der Waals surface area contributed by atoms with E-state index in [2.05, 4.69) is 160 Å². The van der Waals surface area contributed by atoms with Crippen molar-refractivity contribution in [3.8, 4) is 38.6 Å². The summed E-state index contributed by atoms with van der Waals surface area (Å²) >= 11 is 0. The highest BCUT2D eigenvalue weighted by Gasteiger charge is 2.18. The number of fused-ring (bicyclic) bond motifs is 7. The third-order valence-electron chi connectivity index (χ3n) is 9.58. The van der Waals surface area contributed by atoms with Crippen molar-refractivity contribution in [1.29, 1.82) is 0 Å². The van der Waals surface area contributed by atoms with Crippen LogP contribution >= 0.6 is 16.4 Å². The lowest BCUT2D eigenvalue weighted by Gasteiger charge is -2.16. The van der Waals surface area contributed by atoms with Gasteiger partial charge in [-0.3, -0.25) is 0 Å². The zero-order chi connectivity index (χ0) is 34.5. The van der Waals surface area contributed by atoms with Gasteiger partial charge in [-0.1, -0.05) is 135 Å². The molecule has 0 saturated carbocycles. The second-order valence-electron chi connectivity index (χ2n) is 13.1. The summed E-state index contributed by atoms with van der Waals surface area (Å²) in [5, 5.41) is 9.00. The van der Waals surface area contributed by atoms with Crippen LogP contribution in [-0.2, 0) is 0 Å². The maximum absolute atomic E-state index is 6.85. The van der Waals surface area contributed by atoms with Crippen LogP contribution in [-0.4, -0.2) is 0 Å². The van der Waals surface area contributed by atoms with E-state index in [0.29, 0.717) is 0 Å². The summed E-state index contributed by atoms with van der Waals surface area (Å²) in [7, 11) is -0.766. The van der Waals surface area contributed by atoms with Gasteiger partial charge in [0.15, 0.2) is 0 Å². The molecule has 9 rings (SSSR count). The van der Waals surface area contributed by atoms with Crippen molar-refractivity contribution in [2.75, 3.05) is 0 Å². The normalized spacial score (nSPS) is 11.6. The molecular formula is C46H34O3P2. The van der Waals surface area contributed by atoms with Crippen molar-refractivity contribution in [1.82, 2.24) is 0 Å². The molecule has 0 radical (unpaired) electrons. The number of hydrogen-bond donors (Lipinski definition) is 0. The Balaban J connectivity index is 1.26. The average Bonchev–Trinajstić information content (AvgIpc) is 3.31. The van der Waals surface area contributed by atoms with Crippen LogP contribution in [0.5, 0.6) is 5.75 Å². The van der Waals surface area contributed by atoms with Gasteiger partial charge in [-0.2, -0.15) is 0 Å². The predicted octanol–water partition coefficient (Wildman–Crippen LogP) is 14.9. The van der Waals surface area contributed by atoms with Gasteiger partial charge in [0, 0.05) is 26.9 Å². The number of rotatable bonds is 5. The summed E-state index contributed by atoms with van der Waals surface area (Å²) in [4.78, 5) is 0. The Labute approximate surface area is 299 Å². The van der Waals surface area contributed by atoms with Crippen LogP contribution in [0.25, 0.3) is 76.3 Å². The largest absolute Gasteiger partial charge is 0.453 e. The maximum Gasteiger partial charge on any atom is 0.453 e. The minimum Gasteiger partial charge on any atom is -0.390 e. The molecule has 0 aliphatic heterocycles. The molecule has 2 heterocycles. The molecule has 51 heavy (non-hydrogen) atoms. The van der Waals surface area contributed by atoms with Crippen molar-refractivity contribution in [3.63, 3.8) is 0 Å². The van der Waals surface area contributed by atoms with E-state index < -0.39 is 8.24 Å². The molecule has 0 spiro atoms. The smallest absolute Gasteiger partial charge is 0.390 e. The lowest BCUT2D eigenvalue weighted by Crippen LogP contribution is -1.90. The predicted molar refractivity (Wildman–Crippen MR) is 217 cm³/mol. The van der Waals surface area contributed by atoms with E-state index in [4.69, 9.17) is 12.9 Å². The summed E-state index contributed by atoms with van der Waals surface area (Å²) < 4.78 is 20.3. The zero-order valence-electron chi connectivity index (χ0n) is 28.6. The van der Waals surface area contributed by atoms with Gasteiger partial charge in [0.05, 0.1) is 0 Å². The fourth-order valence-electron chi connectivity index (χ4n) is 7.40. The third kappa shape index (κ3) is 5.79. The first-order valence-electron chi connectivity index (χ1n) is 17.1. The van der Waals surface area contributed by atoms with Crippen LogP contribution in [0.15, 0.2) is 160 Å². The quantitative estimate of drug-likeness (QED) is 0.180. The Kier molecular flexibility index (Phi) is 7.97. The van der Waals surface area contributed by atoms with Gasteiger partial charge in [-0.05, 0) is 100 Å². The molecule has 0 N–H and O–H groups in total. The Hall–Kier alpha value is -5.59. The SMILES string of the molecule is Cc1cc(C)c(-c2cc(-c3ccccc3)cc(-c3ccccc3Op3oc4ccc5ccccc5c4c4c(ccc5ccccc54)o3)p2)c(C)c1. The van der Waals surface area contributed by atoms with E-state index in [-0.39, 0.29) is 0 Å². The summed E-state index contributed by atoms with van der Waals surface area (Å²) in [6.45, 7) is 6.60. The van der Waals surface area contributed by atoms with E-state index in [1.807, 2.05) is 12.1 Å². The average molecular weight is 697 g/mol. The van der Waals surface area contributed by atoms with Crippen LogP contribution in [0.2, 0.25) is 0 Å². The second kappa shape index (κ2) is 12.9. The molecule has 0 atom stereocenters. The van der Waals surface area contributed by atoms with Gasteiger partial charge in [0.2, 0.25) is 0 Å². The number of benzene rings is 7. The first kappa shape index (κ1) is 31.4. The van der Waals surface area contributed by atoms with Gasteiger partial charge >= 0.3 is 8.24 Å². The molecule has 0 bridgehead atoms. The zero-order valence-corrected chi connectivity index (χ0v) is 30.3. The van der Waals surface area contributed by atoms with Gasteiger partial charge in [0.1, 0.15) is 16.9 Å². The summed E-state index contributed by atoms with van der Waals surface area (Å²) in [6, 6.07) is 53.3. The Morgan fingerprint density at radius 2 is 1.06 bits per heavy atom. The van der Waals surface area contributed by atoms with E-state index in [0.717, 1.165) is 68.3 Å². The molecule has 0 aliphatic rings. The minimum atomic E-state index is -1.87. The van der Waals surface area contributed by atoms with Crippen molar-refractivity contribution in [2.24, 2.45) is 0 Å². The summed E-state index contributed by atoms with van der Waals surface area (Å²) in [5.41, 5.74) is 9.99. The minimum absolute atomic E-state index is 0.722. The Morgan fingerprint density at radius 3 is 1.71 bits per heavy atom. The second-order valence-corrected chi connectivity index (χ2v) is 15.3. The van der Waals surface area contributed by atoms with Crippen molar-refractivity contribution in [3.05, 3.63) is 168 Å². The Morgan fingerprint density at radius 1 is 0.510 bits per heavy atom. The molecule has 9 aromatic rings. The van der Waals surface area contributed by atoms with E-state index in [1.165, 1.54) is 38.7 Å². The van der Waals surface area contributed by atoms with Gasteiger partial charge in [-0.15, -0.1) is 0 Å². The van der Waals surface area contributed by atoms with Crippen LogP contribution in [0, 0.1) is 20.8 Å². The summed E-state index contributed by atoms with van der Waals surface area (Å²) in [6.07, 6.45) is 0. The van der Waals surface area contributed by atoms with Crippen molar-refractivity contribution < 1.29 is 12.9 Å². The van der Waals surface area contributed by atoms with Gasteiger partial charge < -0.3 is 12.9 Å². The highest BCUT2D eigenvalue weighted by molar-refractivity contribution is 7.37. The molecule has 0 aliphatic carbocycles. The highest BCUT2D eigenvalue weighted by atomic mass is 31.1. The fourth-order valence-corrected chi connectivity index (χ4v) is 9.90. The first-order valence-corrected chi connectivity index (χ1v) is 19.1. The molecule has 2 aromatic heterocycles. The highest BCUT2D eigenvalue weighted by Crippen LogP contribution is 2.48. The van der Waals surface area contributed by atoms with Crippen LogP contribution in [0.3, 0.4) is 0 Å². The Bertz CT molecular complexity index is 2700. The maximum atomic E-state index is 6.85. The van der Waals surface area contributed by atoms with Crippen molar-refractivity contribution in [2.45, 2.75) is 20.8 Å². The van der Waals surface area contributed by atoms with Crippen LogP contribution in [0.1, 0.15) is 16.7 Å². The molecule has 0 amide bonds. The first-order chi connectivity index (χ1) is 25.0. The molecule has 246 valence electrons. The number of para-hydroxylation sites is 1. The number of aryl methyl sites for hydroxylation is 3. The lowest BCUT2D eigenvalue weighted by atomic mass is 9.97. The third-order valence-corrected chi connectivity index (χ3v) is 11.8. The van der Waals surface area contributed by atoms with E-state index in [1.54, 1.807) is 0 Å². The van der Waals surface area contributed by atoms with E-state index in [9.17, 15) is 0 Å². The topological polar surface area (TPSA) is 35.5 Å². The molecule has 7 aromatic carbocycles. The van der Waals surface area contributed by atoms with Crippen LogP contribution < -0.4 is 4.52 Å². The van der Waals surface area contributed by atoms with E-state index >= 15 is 0 Å². The van der Waals surface area contributed by atoms with Gasteiger partial charge in [0.25, 0.3) is 0 Å². The standard InChI is InChI=1S/C46H34O3P2/c1-29-25-30(2)44(31(3)26-29)43-28-35(32-13-5-4-6-14-32)27-42(50-43)38-19-11-12-20-39(38)47-51-48-40-23-21-33-15-7-9-17-36(33)45(40)46-37-18-10-8-16-34(37)22-24-41(46)49-51/h4-28H,1-3H3. The molecule has 0 unspecified atom stereocenters. The molecule has 3 nitrogen and oxygen atoms in total. The molecular weight excluding hydrogens is 662 g/mol.